The number of benzene rings is 2. The number of rotatable bonds is 9. The monoisotopic (exact) mass is 422 g/mol. The SMILES string of the molecule is COc1ccc(CNC(=O)[C@H](C)N(c2cc(OC)ccc2OC)S(C)(=O)=O)cc1. The lowest BCUT2D eigenvalue weighted by Gasteiger charge is -2.29. The topological polar surface area (TPSA) is 94.2 Å². The Morgan fingerprint density at radius 2 is 1.59 bits per heavy atom. The van der Waals surface area contributed by atoms with E-state index in [1.807, 2.05) is 12.1 Å². The van der Waals surface area contributed by atoms with E-state index in [2.05, 4.69) is 5.32 Å². The largest absolute Gasteiger partial charge is 0.497 e. The van der Waals surface area contributed by atoms with Crippen LogP contribution in [-0.2, 0) is 21.4 Å². The Morgan fingerprint density at radius 1 is 1.00 bits per heavy atom. The van der Waals surface area contributed by atoms with Crippen LogP contribution in [0.15, 0.2) is 42.5 Å². The maximum atomic E-state index is 12.7. The van der Waals surface area contributed by atoms with Crippen LogP contribution in [0.1, 0.15) is 12.5 Å². The fraction of sp³-hybridized carbons (Fsp3) is 0.350. The molecule has 0 aliphatic rings. The number of ether oxygens (including phenoxy) is 3. The maximum Gasteiger partial charge on any atom is 0.243 e. The molecule has 0 radical (unpaired) electrons. The molecule has 9 heteroatoms. The Kier molecular flexibility index (Phi) is 7.33. The molecule has 0 saturated heterocycles. The van der Waals surface area contributed by atoms with E-state index >= 15 is 0 Å². The molecule has 2 rings (SSSR count). The molecule has 0 spiro atoms. The molecule has 2 aromatic carbocycles. The van der Waals surface area contributed by atoms with E-state index in [1.54, 1.807) is 31.4 Å². The van der Waals surface area contributed by atoms with Gasteiger partial charge < -0.3 is 19.5 Å². The highest BCUT2D eigenvalue weighted by molar-refractivity contribution is 7.92. The van der Waals surface area contributed by atoms with Crippen molar-refractivity contribution >= 4 is 21.6 Å². The van der Waals surface area contributed by atoms with Gasteiger partial charge in [0, 0.05) is 12.6 Å². The number of methoxy groups -OCH3 is 3. The molecule has 1 amide bonds. The molecule has 29 heavy (non-hydrogen) atoms. The molecular weight excluding hydrogens is 396 g/mol. The van der Waals surface area contributed by atoms with Gasteiger partial charge >= 0.3 is 0 Å². The van der Waals surface area contributed by atoms with Crippen LogP contribution in [0, 0.1) is 0 Å². The van der Waals surface area contributed by atoms with E-state index in [0.29, 0.717) is 17.2 Å². The van der Waals surface area contributed by atoms with Crippen molar-refractivity contribution in [1.29, 1.82) is 0 Å². The average Bonchev–Trinajstić information content (AvgIpc) is 2.71. The summed E-state index contributed by atoms with van der Waals surface area (Å²) in [7, 11) is 0.687. The molecule has 0 fully saturated rings. The van der Waals surface area contributed by atoms with Crippen molar-refractivity contribution in [2.75, 3.05) is 31.9 Å². The number of hydrogen-bond acceptors (Lipinski definition) is 6. The van der Waals surface area contributed by atoms with Crippen LogP contribution < -0.4 is 23.8 Å². The summed E-state index contributed by atoms with van der Waals surface area (Å²) in [6.45, 7) is 1.77. The molecule has 158 valence electrons. The molecule has 0 unspecified atom stereocenters. The summed E-state index contributed by atoms with van der Waals surface area (Å²) >= 11 is 0. The van der Waals surface area contributed by atoms with Crippen LogP contribution in [-0.4, -0.2) is 48.0 Å². The van der Waals surface area contributed by atoms with Crippen molar-refractivity contribution < 1.29 is 27.4 Å². The zero-order chi connectivity index (χ0) is 21.6. The molecule has 1 N–H and O–H groups in total. The number of hydrogen-bond donors (Lipinski definition) is 1. The number of anilines is 1. The highest BCUT2D eigenvalue weighted by Gasteiger charge is 2.31. The summed E-state index contributed by atoms with van der Waals surface area (Å²) in [5.41, 5.74) is 1.08. The summed E-state index contributed by atoms with van der Waals surface area (Å²) < 4.78 is 41.7. The first-order valence-electron chi connectivity index (χ1n) is 8.83. The molecule has 0 saturated carbocycles. The van der Waals surface area contributed by atoms with Gasteiger partial charge in [-0.3, -0.25) is 9.10 Å². The molecule has 1 atom stereocenters. The van der Waals surface area contributed by atoms with E-state index in [0.717, 1.165) is 16.1 Å². The van der Waals surface area contributed by atoms with E-state index in [9.17, 15) is 13.2 Å². The zero-order valence-electron chi connectivity index (χ0n) is 17.1. The highest BCUT2D eigenvalue weighted by Crippen LogP contribution is 2.35. The fourth-order valence-corrected chi connectivity index (χ4v) is 4.00. The van der Waals surface area contributed by atoms with Crippen LogP contribution in [0.25, 0.3) is 0 Å². The number of nitrogens with one attached hydrogen (secondary N) is 1. The third kappa shape index (κ3) is 5.54. The lowest BCUT2D eigenvalue weighted by Crippen LogP contribution is -2.47. The number of nitrogens with zero attached hydrogens (tertiary/aromatic N) is 1. The summed E-state index contributed by atoms with van der Waals surface area (Å²) in [5.74, 6) is 1.02. The smallest absolute Gasteiger partial charge is 0.243 e. The van der Waals surface area contributed by atoms with Gasteiger partial charge in [0.25, 0.3) is 0 Å². The molecule has 0 heterocycles. The average molecular weight is 423 g/mol. The van der Waals surface area contributed by atoms with Crippen molar-refractivity contribution in [1.82, 2.24) is 5.32 Å². The van der Waals surface area contributed by atoms with Gasteiger partial charge in [0.2, 0.25) is 15.9 Å². The van der Waals surface area contributed by atoms with E-state index < -0.39 is 22.0 Å². The fourth-order valence-electron chi connectivity index (χ4n) is 2.83. The van der Waals surface area contributed by atoms with Gasteiger partial charge in [-0.25, -0.2) is 8.42 Å². The first kappa shape index (κ1) is 22.4. The van der Waals surface area contributed by atoms with Gasteiger partial charge in [-0.1, -0.05) is 12.1 Å². The number of sulfonamides is 1. The molecule has 8 nitrogen and oxygen atoms in total. The van der Waals surface area contributed by atoms with Gasteiger partial charge in [0.15, 0.2) is 0 Å². The van der Waals surface area contributed by atoms with Crippen LogP contribution >= 0.6 is 0 Å². The molecular formula is C20H26N2O6S. The van der Waals surface area contributed by atoms with Gasteiger partial charge in [0.1, 0.15) is 23.3 Å². The second-order valence-electron chi connectivity index (χ2n) is 6.34. The second kappa shape index (κ2) is 9.51. The number of carbonyl (C=O) groups is 1. The molecule has 0 aliphatic carbocycles. The van der Waals surface area contributed by atoms with Crippen LogP contribution in [0.3, 0.4) is 0 Å². The lowest BCUT2D eigenvalue weighted by molar-refractivity contribution is -0.122. The van der Waals surface area contributed by atoms with Crippen molar-refractivity contribution in [3.05, 3.63) is 48.0 Å². The minimum atomic E-state index is -3.79. The predicted molar refractivity (Wildman–Crippen MR) is 111 cm³/mol. The van der Waals surface area contributed by atoms with Crippen LogP contribution in [0.2, 0.25) is 0 Å². The highest BCUT2D eigenvalue weighted by atomic mass is 32.2. The Labute approximate surface area is 171 Å². The Morgan fingerprint density at radius 3 is 2.10 bits per heavy atom. The van der Waals surface area contributed by atoms with Gasteiger partial charge in [-0.05, 0) is 36.8 Å². The minimum absolute atomic E-state index is 0.224. The van der Waals surface area contributed by atoms with Gasteiger partial charge in [0.05, 0.1) is 33.3 Å². The normalized spacial score (nSPS) is 12.0. The van der Waals surface area contributed by atoms with Crippen molar-refractivity contribution in [2.24, 2.45) is 0 Å². The summed E-state index contributed by atoms with van der Waals surface area (Å²) in [6.07, 6.45) is 1.04. The summed E-state index contributed by atoms with van der Waals surface area (Å²) in [6, 6.07) is 11.0. The van der Waals surface area contributed by atoms with Crippen molar-refractivity contribution in [2.45, 2.75) is 19.5 Å². The predicted octanol–water partition coefficient (Wildman–Crippen LogP) is 2.18. The third-order valence-corrected chi connectivity index (χ3v) is 5.57. The third-order valence-electron chi connectivity index (χ3n) is 4.34. The second-order valence-corrected chi connectivity index (χ2v) is 8.20. The van der Waals surface area contributed by atoms with Gasteiger partial charge in [-0.15, -0.1) is 0 Å². The van der Waals surface area contributed by atoms with Crippen LogP contribution in [0.5, 0.6) is 17.2 Å². The molecule has 0 aliphatic heterocycles. The molecule has 0 bridgehead atoms. The molecule has 0 aromatic heterocycles. The Hall–Kier alpha value is -2.94. The number of amides is 1. The first-order chi connectivity index (χ1) is 13.7. The maximum absolute atomic E-state index is 12.7. The lowest BCUT2D eigenvalue weighted by atomic mass is 10.2. The Bertz CT molecular complexity index is 944. The summed E-state index contributed by atoms with van der Waals surface area (Å²) in [4.78, 5) is 12.7. The molecule has 2 aromatic rings. The van der Waals surface area contributed by atoms with E-state index in [4.69, 9.17) is 14.2 Å². The van der Waals surface area contributed by atoms with E-state index in [1.165, 1.54) is 27.2 Å². The van der Waals surface area contributed by atoms with Crippen molar-refractivity contribution in [3.8, 4) is 17.2 Å². The van der Waals surface area contributed by atoms with E-state index in [-0.39, 0.29) is 12.2 Å². The number of carbonyl (C=O) groups excluding carboxylic acids is 1. The van der Waals surface area contributed by atoms with Crippen molar-refractivity contribution in [3.63, 3.8) is 0 Å². The van der Waals surface area contributed by atoms with Crippen LogP contribution in [0.4, 0.5) is 5.69 Å². The standard InChI is InChI=1S/C20H26N2O6S/c1-14(20(23)21-13-15-6-8-16(26-2)9-7-15)22(29(5,24)25)18-12-17(27-3)10-11-19(18)28-4/h6-12,14H,13H2,1-5H3,(H,21,23)/t14-/m0/s1. The zero-order valence-corrected chi connectivity index (χ0v) is 17.9. The first-order valence-corrected chi connectivity index (χ1v) is 10.7. The minimum Gasteiger partial charge on any atom is -0.497 e. The quantitative estimate of drug-likeness (QED) is 0.666. The van der Waals surface area contributed by atoms with Gasteiger partial charge in [-0.2, -0.15) is 0 Å². The summed E-state index contributed by atoms with van der Waals surface area (Å²) in [5, 5.41) is 2.77. The Balaban J connectivity index is 2.27.